The Hall–Kier alpha value is -4.22. The first kappa shape index (κ1) is 26.0. The fourth-order valence-electron chi connectivity index (χ4n) is 5.26. The molecule has 3 aromatic heterocycles. The van der Waals surface area contributed by atoms with Crippen molar-refractivity contribution in [1.29, 1.82) is 0 Å². The molecule has 1 amide bonds. The van der Waals surface area contributed by atoms with E-state index in [1.807, 2.05) is 4.57 Å². The maximum Gasteiger partial charge on any atom is 0.321 e. The lowest BCUT2D eigenvalue weighted by atomic mass is 10.00. The molecule has 6 rings (SSSR count). The van der Waals surface area contributed by atoms with Gasteiger partial charge in [0, 0.05) is 47.6 Å². The molecule has 1 saturated heterocycles. The molecule has 12 heteroatoms. The van der Waals surface area contributed by atoms with Gasteiger partial charge in [0.2, 0.25) is 5.91 Å². The van der Waals surface area contributed by atoms with E-state index >= 15 is 8.78 Å². The quantitative estimate of drug-likeness (QED) is 0.319. The third-order valence-corrected chi connectivity index (χ3v) is 7.40. The molecule has 0 aliphatic carbocycles. The number of aliphatic hydroxyl groups excluding tert-OH is 1. The molecule has 5 aromatic rings. The number of nitrogens with zero attached hydrogens (tertiary/aromatic N) is 6. The van der Waals surface area contributed by atoms with E-state index in [0.29, 0.717) is 52.0 Å². The van der Waals surface area contributed by atoms with Crippen molar-refractivity contribution >= 4 is 39.4 Å². The van der Waals surface area contributed by atoms with E-state index < -0.39 is 30.5 Å². The number of carbonyl (C=O) groups excluding carboxylic acids is 1. The van der Waals surface area contributed by atoms with E-state index in [2.05, 4.69) is 19.9 Å². The zero-order chi connectivity index (χ0) is 28.0. The van der Waals surface area contributed by atoms with Crippen molar-refractivity contribution in [3.8, 4) is 22.9 Å². The van der Waals surface area contributed by atoms with Gasteiger partial charge < -0.3 is 19.3 Å². The second-order valence-corrected chi connectivity index (χ2v) is 9.92. The molecule has 1 aliphatic rings. The molecule has 1 aliphatic heterocycles. The number of ether oxygens (including phenoxy) is 1. The number of halogens is 3. The van der Waals surface area contributed by atoms with Crippen molar-refractivity contribution in [3.63, 3.8) is 0 Å². The van der Waals surface area contributed by atoms with Crippen LogP contribution < -0.4 is 4.74 Å². The molecule has 1 fully saturated rings. The van der Waals surface area contributed by atoms with Crippen molar-refractivity contribution in [2.45, 2.75) is 25.6 Å². The molecule has 0 spiro atoms. The number of fused-ring (bicyclic) bond motifs is 3. The Morgan fingerprint density at radius 2 is 1.95 bits per heavy atom. The number of hydrogen-bond donors (Lipinski definition) is 1. The van der Waals surface area contributed by atoms with Crippen LogP contribution in [-0.4, -0.2) is 66.3 Å². The minimum absolute atomic E-state index is 0.135. The summed E-state index contributed by atoms with van der Waals surface area (Å²) < 4.78 is 38.3. The number of likely N-dealkylation sites (tertiary alicyclic amines) is 1. The van der Waals surface area contributed by atoms with Gasteiger partial charge in [0.1, 0.15) is 35.7 Å². The number of piperidine rings is 1. The summed E-state index contributed by atoms with van der Waals surface area (Å²) >= 11 is 6.58. The number of benzene rings is 2. The number of aliphatic hydroxyl groups is 1. The minimum Gasteiger partial charge on any atom is -0.424 e. The average molecular weight is 565 g/mol. The molecule has 0 saturated carbocycles. The number of carbonyl (C=O) groups is 1. The standard InChI is InChI=1S/C28H23ClF2N6O3/c1-15-35-24-12-34-23-11-21(30)18(17-4-3-16(9-20(17)29)40-28-32-6-2-7-33-28)10-19(23)27(24)37(15)25-5-8-36(13-22(25)31)26(39)14-38/h2-4,6-7,9-12,22,25,38H,5,8,13-14H2,1H3/t22-,25-/m1/s1. The first-order valence-corrected chi connectivity index (χ1v) is 13.0. The van der Waals surface area contributed by atoms with Crippen molar-refractivity contribution in [3.05, 3.63) is 71.7 Å². The van der Waals surface area contributed by atoms with Crippen LogP contribution in [0.4, 0.5) is 8.78 Å². The summed E-state index contributed by atoms with van der Waals surface area (Å²) in [5, 5.41) is 10.0. The Morgan fingerprint density at radius 3 is 2.67 bits per heavy atom. The van der Waals surface area contributed by atoms with Crippen molar-refractivity contribution < 1.29 is 23.4 Å². The van der Waals surface area contributed by atoms with E-state index in [0.717, 1.165) is 0 Å². The van der Waals surface area contributed by atoms with Crippen LogP contribution in [0.2, 0.25) is 5.02 Å². The SMILES string of the molecule is Cc1nc2cnc3cc(F)c(-c4ccc(Oc5ncccn5)cc4Cl)cc3c2n1[C@@H]1CCN(C(=O)CO)C[C@H]1F. The summed E-state index contributed by atoms with van der Waals surface area (Å²) in [4.78, 5) is 30.3. The van der Waals surface area contributed by atoms with Crippen molar-refractivity contribution in [2.75, 3.05) is 19.7 Å². The van der Waals surface area contributed by atoms with Crippen LogP contribution in [0.3, 0.4) is 0 Å². The summed E-state index contributed by atoms with van der Waals surface area (Å²) in [5.41, 5.74) is 2.22. The molecule has 1 N–H and O–H groups in total. The summed E-state index contributed by atoms with van der Waals surface area (Å²) in [6, 6.07) is 9.03. The lowest BCUT2D eigenvalue weighted by Crippen LogP contribution is -2.46. The highest BCUT2D eigenvalue weighted by Gasteiger charge is 2.34. The molecular weight excluding hydrogens is 542 g/mol. The summed E-state index contributed by atoms with van der Waals surface area (Å²) in [5.74, 6) is -0.0673. The van der Waals surface area contributed by atoms with Crippen LogP contribution in [0.15, 0.2) is 55.0 Å². The fourth-order valence-corrected chi connectivity index (χ4v) is 5.53. The number of pyridine rings is 1. The number of imidazole rings is 1. The number of aromatic nitrogens is 5. The molecule has 4 heterocycles. The van der Waals surface area contributed by atoms with Gasteiger partial charge in [-0.15, -0.1) is 0 Å². The lowest BCUT2D eigenvalue weighted by Gasteiger charge is -2.35. The monoisotopic (exact) mass is 564 g/mol. The molecule has 2 aromatic carbocycles. The van der Waals surface area contributed by atoms with Gasteiger partial charge in [-0.2, -0.15) is 0 Å². The largest absolute Gasteiger partial charge is 0.424 e. The summed E-state index contributed by atoms with van der Waals surface area (Å²) in [6.45, 7) is 1.28. The van der Waals surface area contributed by atoms with Gasteiger partial charge in [-0.1, -0.05) is 11.6 Å². The fraction of sp³-hybridized carbons (Fsp3) is 0.250. The van der Waals surface area contributed by atoms with E-state index in [4.69, 9.17) is 16.3 Å². The van der Waals surface area contributed by atoms with E-state index in [1.165, 1.54) is 11.0 Å². The second-order valence-electron chi connectivity index (χ2n) is 9.52. The second kappa shape index (κ2) is 10.4. The van der Waals surface area contributed by atoms with Gasteiger partial charge in [0.15, 0.2) is 0 Å². The summed E-state index contributed by atoms with van der Waals surface area (Å²) in [7, 11) is 0. The zero-order valence-electron chi connectivity index (χ0n) is 21.3. The van der Waals surface area contributed by atoms with Crippen LogP contribution in [0.1, 0.15) is 18.3 Å². The van der Waals surface area contributed by atoms with E-state index in [9.17, 15) is 9.90 Å². The highest BCUT2D eigenvalue weighted by molar-refractivity contribution is 6.33. The topological polar surface area (TPSA) is 106 Å². The molecule has 40 heavy (non-hydrogen) atoms. The molecule has 9 nitrogen and oxygen atoms in total. The van der Waals surface area contributed by atoms with Gasteiger partial charge >= 0.3 is 6.01 Å². The number of hydrogen-bond acceptors (Lipinski definition) is 7. The van der Waals surface area contributed by atoms with Gasteiger partial charge in [-0.3, -0.25) is 9.78 Å². The van der Waals surface area contributed by atoms with E-state index in [1.54, 1.807) is 55.8 Å². The molecule has 0 radical (unpaired) electrons. The number of amides is 1. The molecule has 204 valence electrons. The van der Waals surface area contributed by atoms with Crippen LogP contribution in [0.25, 0.3) is 33.1 Å². The average Bonchev–Trinajstić information content (AvgIpc) is 3.29. The van der Waals surface area contributed by atoms with Crippen LogP contribution in [0, 0.1) is 12.7 Å². The van der Waals surface area contributed by atoms with Crippen LogP contribution in [0.5, 0.6) is 11.8 Å². The van der Waals surface area contributed by atoms with Gasteiger partial charge in [0.05, 0.1) is 34.8 Å². The normalized spacial score (nSPS) is 17.5. The highest BCUT2D eigenvalue weighted by atomic mass is 35.5. The van der Waals surface area contributed by atoms with Crippen molar-refractivity contribution in [2.24, 2.45) is 0 Å². The van der Waals surface area contributed by atoms with Gasteiger partial charge in [-0.25, -0.2) is 23.7 Å². The smallest absolute Gasteiger partial charge is 0.321 e. The van der Waals surface area contributed by atoms with Crippen molar-refractivity contribution in [1.82, 2.24) is 29.4 Å². The number of aryl methyl sites for hydroxylation is 1. The Bertz CT molecular complexity index is 1750. The Labute approximate surface area is 232 Å². The first-order chi connectivity index (χ1) is 19.3. The Kier molecular flexibility index (Phi) is 6.77. The van der Waals surface area contributed by atoms with Gasteiger partial charge in [0.25, 0.3) is 0 Å². The minimum atomic E-state index is -1.39. The number of rotatable bonds is 5. The third kappa shape index (κ3) is 4.61. The van der Waals surface area contributed by atoms with Crippen LogP contribution in [-0.2, 0) is 4.79 Å². The zero-order valence-corrected chi connectivity index (χ0v) is 22.0. The number of alkyl halides is 1. The molecule has 2 atom stereocenters. The lowest BCUT2D eigenvalue weighted by molar-refractivity contribution is -0.137. The maximum atomic E-state index is 15.5. The highest BCUT2D eigenvalue weighted by Crippen LogP contribution is 2.38. The first-order valence-electron chi connectivity index (χ1n) is 12.6. The predicted molar refractivity (Wildman–Crippen MR) is 144 cm³/mol. The Balaban J connectivity index is 1.43. The Morgan fingerprint density at radius 1 is 1.15 bits per heavy atom. The third-order valence-electron chi connectivity index (χ3n) is 7.09. The molecule has 0 bridgehead atoms. The van der Waals surface area contributed by atoms with E-state index in [-0.39, 0.29) is 23.1 Å². The van der Waals surface area contributed by atoms with Gasteiger partial charge in [-0.05, 0) is 37.6 Å². The molecule has 0 unspecified atom stereocenters. The predicted octanol–water partition coefficient (Wildman–Crippen LogP) is 5.04. The molecular formula is C28H23ClF2N6O3. The summed E-state index contributed by atoms with van der Waals surface area (Å²) in [6.07, 6.45) is 3.58. The maximum absolute atomic E-state index is 15.5. The van der Waals surface area contributed by atoms with Crippen LogP contribution >= 0.6 is 11.6 Å².